The van der Waals surface area contributed by atoms with E-state index in [2.05, 4.69) is 4.98 Å². The molecule has 0 unspecified atom stereocenters. The third-order valence-corrected chi connectivity index (χ3v) is 6.64. The Hall–Kier alpha value is -3.49. The summed E-state index contributed by atoms with van der Waals surface area (Å²) in [4.78, 5) is 35.1. The predicted octanol–water partition coefficient (Wildman–Crippen LogP) is 3.85. The number of ether oxygens (including phenoxy) is 1. The lowest BCUT2D eigenvalue weighted by molar-refractivity contribution is -0.117. The molecule has 2 saturated heterocycles. The first kappa shape index (κ1) is 22.3. The summed E-state index contributed by atoms with van der Waals surface area (Å²) in [6.07, 6.45) is 3.97. The third-order valence-electron chi connectivity index (χ3n) is 6.64. The van der Waals surface area contributed by atoms with Gasteiger partial charge in [0.15, 0.2) is 0 Å². The molecule has 0 spiro atoms. The van der Waals surface area contributed by atoms with E-state index in [0.29, 0.717) is 60.8 Å². The molecule has 9 heteroatoms. The van der Waals surface area contributed by atoms with E-state index >= 15 is 0 Å². The highest BCUT2D eigenvalue weighted by Crippen LogP contribution is 2.38. The van der Waals surface area contributed by atoms with Crippen LogP contribution in [0.2, 0.25) is 0 Å². The summed E-state index contributed by atoms with van der Waals surface area (Å²) in [6, 6.07) is 6.91. The number of amides is 1. The molecule has 0 atom stereocenters. The molecule has 0 aliphatic carbocycles. The summed E-state index contributed by atoms with van der Waals surface area (Å²) < 4.78 is 35.8. The molecule has 3 aromatic rings. The van der Waals surface area contributed by atoms with Gasteiger partial charge < -0.3 is 19.1 Å². The van der Waals surface area contributed by atoms with Gasteiger partial charge in [-0.1, -0.05) is 6.07 Å². The van der Waals surface area contributed by atoms with Gasteiger partial charge in [0.2, 0.25) is 11.8 Å². The van der Waals surface area contributed by atoms with Crippen LogP contribution in [-0.2, 0) is 11.3 Å². The van der Waals surface area contributed by atoms with Gasteiger partial charge in [-0.3, -0.25) is 9.59 Å². The lowest BCUT2D eigenvalue weighted by Gasteiger charge is -2.33. The number of methoxy groups -OCH3 is 1. The fraction of sp³-hybridized carbons (Fsp3) is 0.400. The molecular weight excluding hydrogens is 442 g/mol. The number of halogens is 2. The molecule has 1 aromatic carbocycles. The van der Waals surface area contributed by atoms with Crippen LogP contribution >= 0.6 is 0 Å². The van der Waals surface area contributed by atoms with Gasteiger partial charge in [-0.2, -0.15) is 0 Å². The molecule has 0 N–H and O–H groups in total. The van der Waals surface area contributed by atoms with Crippen molar-refractivity contribution >= 4 is 28.3 Å². The van der Waals surface area contributed by atoms with Gasteiger partial charge in [0.05, 0.1) is 19.2 Å². The van der Waals surface area contributed by atoms with Gasteiger partial charge >= 0.3 is 0 Å². The Morgan fingerprint density at radius 1 is 0.941 bits per heavy atom. The van der Waals surface area contributed by atoms with E-state index in [0.717, 1.165) is 19.3 Å². The molecule has 5 rings (SSSR count). The Morgan fingerprint density at radius 2 is 1.68 bits per heavy atom. The van der Waals surface area contributed by atoms with Crippen molar-refractivity contribution in [3.05, 3.63) is 57.9 Å². The summed E-state index contributed by atoms with van der Waals surface area (Å²) in [7, 11) is 1.49. The average molecular weight is 469 g/mol. The van der Waals surface area contributed by atoms with Crippen LogP contribution < -0.4 is 20.1 Å². The van der Waals surface area contributed by atoms with Crippen molar-refractivity contribution in [2.24, 2.45) is 0 Å². The van der Waals surface area contributed by atoms with Crippen LogP contribution in [0.25, 0.3) is 11.0 Å². The van der Waals surface area contributed by atoms with Crippen LogP contribution in [0.1, 0.15) is 37.7 Å². The number of carbonyl (C=O) groups excluding carboxylic acids is 1. The molecule has 0 saturated carbocycles. The Kier molecular flexibility index (Phi) is 5.93. The molecule has 0 bridgehead atoms. The zero-order chi connectivity index (χ0) is 23.8. The standard InChI is InChI=1S/C25H26F2N4O3/c1-34-20-11-10-19-22(28-20)23(30-14-6-9-21(30)32)24(29-12-3-2-4-13-29)25(33)31(19)15-16-17(26)7-5-8-18(16)27/h5,7-8,10-11H,2-4,6,9,12-15H2,1H3. The van der Waals surface area contributed by atoms with E-state index in [4.69, 9.17) is 4.74 Å². The van der Waals surface area contributed by atoms with E-state index in [1.807, 2.05) is 4.90 Å². The number of nitrogens with zero attached hydrogens (tertiary/aromatic N) is 4. The molecule has 2 aromatic heterocycles. The highest BCUT2D eigenvalue weighted by molar-refractivity contribution is 6.07. The van der Waals surface area contributed by atoms with E-state index < -0.39 is 17.2 Å². The summed E-state index contributed by atoms with van der Waals surface area (Å²) in [5, 5.41) is 0. The number of hydrogen-bond donors (Lipinski definition) is 0. The van der Waals surface area contributed by atoms with E-state index in [-0.39, 0.29) is 18.0 Å². The molecule has 2 aliphatic heterocycles. The molecular formula is C25H26F2N4O3. The lowest BCUT2D eigenvalue weighted by Crippen LogP contribution is -2.39. The summed E-state index contributed by atoms with van der Waals surface area (Å²) in [6.45, 7) is 1.51. The highest BCUT2D eigenvalue weighted by Gasteiger charge is 2.32. The Balaban J connectivity index is 1.83. The van der Waals surface area contributed by atoms with Gasteiger partial charge in [0.25, 0.3) is 5.56 Å². The number of fused-ring (bicyclic) bond motifs is 1. The first-order valence-electron chi connectivity index (χ1n) is 11.6. The van der Waals surface area contributed by atoms with E-state index in [1.165, 1.54) is 29.9 Å². The smallest absolute Gasteiger partial charge is 0.277 e. The number of anilines is 2. The largest absolute Gasteiger partial charge is 0.481 e. The third kappa shape index (κ3) is 3.78. The van der Waals surface area contributed by atoms with Gasteiger partial charge in [0, 0.05) is 37.7 Å². The second-order valence-electron chi connectivity index (χ2n) is 8.71. The van der Waals surface area contributed by atoms with Crippen LogP contribution in [-0.4, -0.2) is 42.2 Å². The normalized spacial score (nSPS) is 16.5. The Bertz CT molecular complexity index is 1300. The van der Waals surface area contributed by atoms with E-state index in [9.17, 15) is 18.4 Å². The second-order valence-corrected chi connectivity index (χ2v) is 8.71. The minimum atomic E-state index is -0.722. The summed E-state index contributed by atoms with van der Waals surface area (Å²) in [5.41, 5.74) is 1.04. The number of piperidine rings is 1. The van der Waals surface area contributed by atoms with Crippen molar-refractivity contribution in [2.45, 2.75) is 38.6 Å². The minimum Gasteiger partial charge on any atom is -0.481 e. The zero-order valence-electron chi connectivity index (χ0n) is 19.0. The Morgan fingerprint density at radius 3 is 2.32 bits per heavy atom. The fourth-order valence-corrected chi connectivity index (χ4v) is 4.93. The summed E-state index contributed by atoms with van der Waals surface area (Å²) in [5.74, 6) is -1.19. The number of benzene rings is 1. The van der Waals surface area contributed by atoms with Crippen LogP contribution in [0.3, 0.4) is 0 Å². The monoisotopic (exact) mass is 468 g/mol. The van der Waals surface area contributed by atoms with Crippen molar-refractivity contribution < 1.29 is 18.3 Å². The molecule has 178 valence electrons. The van der Waals surface area contributed by atoms with Crippen molar-refractivity contribution in [3.63, 3.8) is 0 Å². The topological polar surface area (TPSA) is 67.7 Å². The van der Waals surface area contributed by atoms with Crippen molar-refractivity contribution in [2.75, 3.05) is 36.5 Å². The minimum absolute atomic E-state index is 0.0681. The number of pyridine rings is 2. The lowest BCUT2D eigenvalue weighted by atomic mass is 10.1. The number of aromatic nitrogens is 2. The van der Waals surface area contributed by atoms with Crippen LogP contribution in [0.4, 0.5) is 20.2 Å². The molecule has 4 heterocycles. The van der Waals surface area contributed by atoms with Crippen molar-refractivity contribution in [1.82, 2.24) is 9.55 Å². The van der Waals surface area contributed by atoms with Crippen LogP contribution in [0, 0.1) is 11.6 Å². The van der Waals surface area contributed by atoms with Gasteiger partial charge in [-0.05, 0) is 43.9 Å². The summed E-state index contributed by atoms with van der Waals surface area (Å²) >= 11 is 0. The number of carbonyl (C=O) groups is 1. The maximum Gasteiger partial charge on any atom is 0.277 e. The van der Waals surface area contributed by atoms with Gasteiger partial charge in [-0.25, -0.2) is 13.8 Å². The molecule has 7 nitrogen and oxygen atoms in total. The quantitative estimate of drug-likeness (QED) is 0.569. The molecule has 1 amide bonds. The average Bonchev–Trinajstić information content (AvgIpc) is 3.27. The van der Waals surface area contributed by atoms with Gasteiger partial charge in [0.1, 0.15) is 28.5 Å². The second kappa shape index (κ2) is 9.04. The molecule has 0 radical (unpaired) electrons. The maximum atomic E-state index is 14.6. The van der Waals surface area contributed by atoms with Crippen LogP contribution in [0.15, 0.2) is 35.1 Å². The maximum absolute atomic E-state index is 14.6. The molecule has 2 aliphatic rings. The number of rotatable bonds is 5. The predicted molar refractivity (Wildman–Crippen MR) is 126 cm³/mol. The van der Waals surface area contributed by atoms with E-state index in [1.54, 1.807) is 17.0 Å². The van der Waals surface area contributed by atoms with Crippen molar-refractivity contribution in [3.8, 4) is 5.88 Å². The first-order chi connectivity index (χ1) is 16.5. The fourth-order valence-electron chi connectivity index (χ4n) is 4.93. The van der Waals surface area contributed by atoms with Crippen LogP contribution in [0.5, 0.6) is 5.88 Å². The van der Waals surface area contributed by atoms with Gasteiger partial charge in [-0.15, -0.1) is 0 Å². The SMILES string of the molecule is COc1ccc2c(n1)c(N1CCCC1=O)c(N1CCCCC1)c(=O)n2Cc1c(F)cccc1F. The first-order valence-corrected chi connectivity index (χ1v) is 11.6. The highest BCUT2D eigenvalue weighted by atomic mass is 19.1. The molecule has 34 heavy (non-hydrogen) atoms. The molecule has 2 fully saturated rings. The van der Waals surface area contributed by atoms with Crippen molar-refractivity contribution in [1.29, 1.82) is 0 Å². The zero-order valence-corrected chi connectivity index (χ0v) is 19.0. The Labute approximate surface area is 195 Å². The number of hydrogen-bond acceptors (Lipinski definition) is 5.